The fraction of sp³-hybridized carbons (Fsp3) is 0.333. The van der Waals surface area contributed by atoms with Crippen molar-refractivity contribution in [3.8, 4) is 0 Å². The number of amides is 1. The lowest BCUT2D eigenvalue weighted by Crippen LogP contribution is -2.17. The van der Waals surface area contributed by atoms with E-state index >= 15 is 0 Å². The Bertz CT molecular complexity index is 369. The highest BCUT2D eigenvalue weighted by Gasteiger charge is 2.15. The molecule has 2 radical (unpaired) electrons. The molecule has 0 aliphatic carbocycles. The Morgan fingerprint density at radius 2 is 2.21 bits per heavy atom. The molecule has 0 atom stereocenters. The Labute approximate surface area is 84.3 Å². The van der Waals surface area contributed by atoms with Crippen LogP contribution in [0, 0.1) is 6.42 Å². The van der Waals surface area contributed by atoms with Crippen molar-refractivity contribution in [2.45, 2.75) is 26.2 Å². The van der Waals surface area contributed by atoms with E-state index in [1.54, 1.807) is 0 Å². The van der Waals surface area contributed by atoms with Gasteiger partial charge >= 0.3 is 0 Å². The third kappa shape index (κ3) is 1.65. The molecule has 2 nitrogen and oxygen atoms in total. The second kappa shape index (κ2) is 3.45. The van der Waals surface area contributed by atoms with Gasteiger partial charge in [0.05, 0.1) is 0 Å². The van der Waals surface area contributed by atoms with Gasteiger partial charge in [-0.2, -0.15) is 0 Å². The minimum absolute atomic E-state index is 0.0230. The van der Waals surface area contributed by atoms with Gasteiger partial charge in [-0.1, -0.05) is 26.0 Å². The molecule has 0 spiro atoms. The Morgan fingerprint density at radius 3 is 2.93 bits per heavy atom. The highest BCUT2D eigenvalue weighted by molar-refractivity contribution is 5.95. The number of fused-ring (bicyclic) bond motifs is 1. The third-order valence-corrected chi connectivity index (χ3v) is 2.42. The van der Waals surface area contributed by atoms with E-state index in [1.165, 1.54) is 5.56 Å². The number of carbonyl (C=O) groups is 1. The molecule has 0 aromatic heterocycles. The van der Waals surface area contributed by atoms with E-state index in [4.69, 9.17) is 0 Å². The highest BCUT2D eigenvalue weighted by Crippen LogP contribution is 2.27. The molecular formula is C12H13NO. The van der Waals surface area contributed by atoms with Crippen LogP contribution in [0.25, 0.3) is 0 Å². The first-order valence-corrected chi connectivity index (χ1v) is 4.84. The molecule has 2 heteroatoms. The highest BCUT2D eigenvalue weighted by atomic mass is 16.1. The van der Waals surface area contributed by atoms with Gasteiger partial charge < -0.3 is 5.32 Å². The zero-order valence-electron chi connectivity index (χ0n) is 8.42. The monoisotopic (exact) mass is 187 g/mol. The summed E-state index contributed by atoms with van der Waals surface area (Å²) in [6.45, 7) is 4.31. The summed E-state index contributed by atoms with van der Waals surface area (Å²) in [4.78, 5) is 11.1. The summed E-state index contributed by atoms with van der Waals surface area (Å²) < 4.78 is 0. The molecule has 0 fully saturated rings. The van der Waals surface area contributed by atoms with Crippen LogP contribution < -0.4 is 5.32 Å². The SMILES string of the molecule is CC(C)c1ccc2c(c1)[C]CC(=O)N2. The predicted octanol–water partition coefficient (Wildman–Crippen LogP) is 2.58. The molecule has 1 heterocycles. The number of benzene rings is 1. The van der Waals surface area contributed by atoms with Crippen molar-refractivity contribution in [2.75, 3.05) is 5.32 Å². The first-order valence-electron chi connectivity index (χ1n) is 4.84. The molecule has 1 aromatic carbocycles. The van der Waals surface area contributed by atoms with Gasteiger partial charge in [0.1, 0.15) is 0 Å². The summed E-state index contributed by atoms with van der Waals surface area (Å²) in [6.07, 6.45) is 3.47. The lowest BCUT2D eigenvalue weighted by molar-refractivity contribution is -0.115. The lowest BCUT2D eigenvalue weighted by atomic mass is 9.95. The van der Waals surface area contributed by atoms with Crippen LogP contribution in [0.5, 0.6) is 0 Å². The van der Waals surface area contributed by atoms with Crippen molar-refractivity contribution < 1.29 is 4.79 Å². The molecule has 1 N–H and O–H groups in total. The van der Waals surface area contributed by atoms with Gasteiger partial charge in [-0.05, 0) is 23.1 Å². The van der Waals surface area contributed by atoms with E-state index in [0.717, 1.165) is 11.3 Å². The van der Waals surface area contributed by atoms with Crippen LogP contribution in [0.15, 0.2) is 18.2 Å². The van der Waals surface area contributed by atoms with E-state index < -0.39 is 0 Å². The first kappa shape index (κ1) is 9.25. The molecule has 2 rings (SSSR count). The summed E-state index contributed by atoms with van der Waals surface area (Å²) in [5, 5.41) is 2.82. The maximum Gasteiger partial charge on any atom is 0.225 e. The summed E-state index contributed by atoms with van der Waals surface area (Å²) >= 11 is 0. The fourth-order valence-corrected chi connectivity index (χ4v) is 1.55. The Hall–Kier alpha value is -1.31. The van der Waals surface area contributed by atoms with Gasteiger partial charge in [0, 0.05) is 18.5 Å². The summed E-state index contributed by atoms with van der Waals surface area (Å²) in [7, 11) is 0. The van der Waals surface area contributed by atoms with Crippen LogP contribution in [-0.4, -0.2) is 5.91 Å². The van der Waals surface area contributed by atoms with Crippen LogP contribution in [0.4, 0.5) is 5.69 Å². The van der Waals surface area contributed by atoms with Gasteiger partial charge in [0.25, 0.3) is 0 Å². The number of nitrogens with one attached hydrogen (secondary N) is 1. The quantitative estimate of drug-likeness (QED) is 0.719. The Balaban J connectivity index is 2.36. The van der Waals surface area contributed by atoms with Crippen LogP contribution in [-0.2, 0) is 4.79 Å². The topological polar surface area (TPSA) is 29.1 Å². The molecular weight excluding hydrogens is 174 g/mol. The van der Waals surface area contributed by atoms with E-state index in [9.17, 15) is 4.79 Å². The second-order valence-corrected chi connectivity index (χ2v) is 3.86. The van der Waals surface area contributed by atoms with E-state index in [1.807, 2.05) is 6.07 Å². The van der Waals surface area contributed by atoms with Crippen molar-refractivity contribution in [3.63, 3.8) is 0 Å². The molecule has 1 amide bonds. The standard InChI is InChI=1S/C12H13NO/c1-8(2)9-3-5-11-10(7-9)4-6-12(14)13-11/h3,5,7-8H,6H2,1-2H3,(H,13,14). The molecule has 1 aromatic rings. The molecule has 72 valence electrons. The van der Waals surface area contributed by atoms with Crippen LogP contribution in [0.1, 0.15) is 37.3 Å². The molecule has 0 saturated carbocycles. The van der Waals surface area contributed by atoms with Crippen LogP contribution in [0.2, 0.25) is 0 Å². The van der Waals surface area contributed by atoms with Crippen molar-refractivity contribution >= 4 is 11.6 Å². The minimum Gasteiger partial charge on any atom is -0.326 e. The maximum atomic E-state index is 11.1. The molecule has 0 bridgehead atoms. The minimum atomic E-state index is 0.0230. The van der Waals surface area contributed by atoms with E-state index in [-0.39, 0.29) is 5.91 Å². The number of rotatable bonds is 1. The zero-order valence-corrected chi connectivity index (χ0v) is 8.42. The summed E-state index contributed by atoms with van der Waals surface area (Å²) in [6, 6.07) is 6.10. The Kier molecular flexibility index (Phi) is 2.28. The van der Waals surface area contributed by atoms with Gasteiger partial charge in [-0.3, -0.25) is 4.79 Å². The lowest BCUT2D eigenvalue weighted by Gasteiger charge is -2.17. The average Bonchev–Trinajstić information content (AvgIpc) is 2.16. The molecule has 14 heavy (non-hydrogen) atoms. The van der Waals surface area contributed by atoms with Crippen LogP contribution >= 0.6 is 0 Å². The smallest absolute Gasteiger partial charge is 0.225 e. The largest absolute Gasteiger partial charge is 0.326 e. The third-order valence-electron chi connectivity index (χ3n) is 2.42. The van der Waals surface area contributed by atoms with Gasteiger partial charge in [-0.15, -0.1) is 0 Å². The van der Waals surface area contributed by atoms with Gasteiger partial charge in [0.2, 0.25) is 5.91 Å². The van der Waals surface area contributed by atoms with Crippen molar-refractivity contribution in [1.82, 2.24) is 0 Å². The van der Waals surface area contributed by atoms with E-state index in [0.29, 0.717) is 12.3 Å². The molecule has 0 saturated heterocycles. The fourth-order valence-electron chi connectivity index (χ4n) is 1.55. The van der Waals surface area contributed by atoms with E-state index in [2.05, 4.69) is 37.7 Å². The zero-order chi connectivity index (χ0) is 10.1. The van der Waals surface area contributed by atoms with Gasteiger partial charge in [0.15, 0.2) is 0 Å². The molecule has 1 aliphatic rings. The first-order chi connectivity index (χ1) is 6.66. The average molecular weight is 187 g/mol. The normalized spacial score (nSPS) is 15.2. The maximum absolute atomic E-state index is 11.1. The number of carbonyl (C=O) groups excluding carboxylic acids is 1. The molecule has 1 aliphatic heterocycles. The number of anilines is 1. The second-order valence-electron chi connectivity index (χ2n) is 3.86. The predicted molar refractivity (Wildman–Crippen MR) is 56.1 cm³/mol. The van der Waals surface area contributed by atoms with Crippen molar-refractivity contribution in [1.29, 1.82) is 0 Å². The van der Waals surface area contributed by atoms with Crippen molar-refractivity contribution in [2.24, 2.45) is 0 Å². The molecule has 0 unspecified atom stereocenters. The Morgan fingerprint density at radius 1 is 1.43 bits per heavy atom. The summed E-state index contributed by atoms with van der Waals surface area (Å²) in [5.74, 6) is 0.537. The number of hydrogen-bond acceptors (Lipinski definition) is 1. The van der Waals surface area contributed by atoms with Crippen molar-refractivity contribution in [3.05, 3.63) is 35.7 Å². The number of hydrogen-bond donors (Lipinski definition) is 1. The summed E-state index contributed by atoms with van der Waals surface area (Å²) in [5.41, 5.74) is 3.19. The van der Waals surface area contributed by atoms with Crippen LogP contribution in [0.3, 0.4) is 0 Å². The van der Waals surface area contributed by atoms with Gasteiger partial charge in [-0.25, -0.2) is 0 Å².